The first-order valence-corrected chi connectivity index (χ1v) is 7.72. The van der Waals surface area contributed by atoms with E-state index >= 15 is 0 Å². The van der Waals surface area contributed by atoms with Crippen LogP contribution in [0.5, 0.6) is 0 Å². The number of hydrogen-bond acceptors (Lipinski definition) is 2. The lowest BCUT2D eigenvalue weighted by Crippen LogP contribution is -2.19. The van der Waals surface area contributed by atoms with Gasteiger partial charge in [0.25, 0.3) is 0 Å². The van der Waals surface area contributed by atoms with Gasteiger partial charge in [0, 0.05) is 24.2 Å². The van der Waals surface area contributed by atoms with Crippen LogP contribution in [0.15, 0.2) is 48.5 Å². The van der Waals surface area contributed by atoms with Crippen molar-refractivity contribution in [3.8, 4) is 0 Å². The van der Waals surface area contributed by atoms with E-state index in [1.165, 1.54) is 16.7 Å². The average molecular weight is 304 g/mol. The molecule has 0 saturated carbocycles. The summed E-state index contributed by atoms with van der Waals surface area (Å²) in [5, 5.41) is 4.32. The van der Waals surface area contributed by atoms with Gasteiger partial charge in [0.1, 0.15) is 0 Å². The lowest BCUT2D eigenvalue weighted by atomic mass is 10.1. The van der Waals surface area contributed by atoms with E-state index in [9.17, 15) is 0 Å². The molecule has 0 radical (unpaired) electrons. The summed E-state index contributed by atoms with van der Waals surface area (Å²) in [6, 6.07) is 16.7. The van der Waals surface area contributed by atoms with Crippen LogP contribution in [-0.2, 0) is 17.9 Å². The zero-order valence-corrected chi connectivity index (χ0v) is 13.4. The van der Waals surface area contributed by atoms with E-state index in [0.29, 0.717) is 6.61 Å². The molecule has 0 heterocycles. The topological polar surface area (TPSA) is 21.3 Å². The highest BCUT2D eigenvalue weighted by Crippen LogP contribution is 2.17. The van der Waals surface area contributed by atoms with Crippen LogP contribution in [0.4, 0.5) is 0 Å². The molecule has 112 valence electrons. The molecular formula is C18H22ClNO. The molecule has 1 unspecified atom stereocenters. The summed E-state index contributed by atoms with van der Waals surface area (Å²) in [6.45, 7) is 6.41. The van der Waals surface area contributed by atoms with Crippen LogP contribution in [-0.4, -0.2) is 6.61 Å². The molecule has 2 aromatic carbocycles. The summed E-state index contributed by atoms with van der Waals surface area (Å²) >= 11 is 5.92. The largest absolute Gasteiger partial charge is 0.377 e. The van der Waals surface area contributed by atoms with E-state index in [0.717, 1.165) is 18.2 Å². The highest BCUT2D eigenvalue weighted by molar-refractivity contribution is 6.30. The standard InChI is InChI=1S/C18H22ClNO/c1-3-21-13-17-7-5-4-6-16(17)12-20-14(2)15-8-10-18(19)11-9-15/h4-11,14,20H,3,12-13H2,1-2H3. The molecule has 2 nitrogen and oxygen atoms in total. The van der Waals surface area contributed by atoms with E-state index in [1.54, 1.807) is 0 Å². The third-order valence-electron chi connectivity index (χ3n) is 3.55. The Kier molecular flexibility index (Phi) is 6.24. The highest BCUT2D eigenvalue weighted by Gasteiger charge is 2.07. The maximum absolute atomic E-state index is 5.92. The number of benzene rings is 2. The lowest BCUT2D eigenvalue weighted by Gasteiger charge is -2.16. The quantitative estimate of drug-likeness (QED) is 0.798. The molecule has 0 spiro atoms. The van der Waals surface area contributed by atoms with E-state index < -0.39 is 0 Å². The molecule has 1 atom stereocenters. The third kappa shape index (κ3) is 4.85. The molecule has 1 N–H and O–H groups in total. The molecule has 0 aliphatic rings. The predicted octanol–water partition coefficient (Wildman–Crippen LogP) is 4.73. The molecule has 0 fully saturated rings. The van der Waals surface area contributed by atoms with Crippen molar-refractivity contribution in [1.29, 1.82) is 0 Å². The second-order valence-corrected chi connectivity index (χ2v) is 5.50. The van der Waals surface area contributed by atoms with Gasteiger partial charge in [-0.15, -0.1) is 0 Å². The van der Waals surface area contributed by atoms with Crippen LogP contribution in [0.1, 0.15) is 36.6 Å². The molecule has 0 amide bonds. The second-order valence-electron chi connectivity index (χ2n) is 5.06. The van der Waals surface area contributed by atoms with Crippen molar-refractivity contribution in [3.63, 3.8) is 0 Å². The Labute approximate surface area is 132 Å². The van der Waals surface area contributed by atoms with E-state index in [2.05, 4.69) is 48.6 Å². The minimum absolute atomic E-state index is 0.280. The molecule has 21 heavy (non-hydrogen) atoms. The van der Waals surface area contributed by atoms with Gasteiger partial charge in [-0.25, -0.2) is 0 Å². The third-order valence-corrected chi connectivity index (χ3v) is 3.80. The second kappa shape index (κ2) is 8.18. The number of hydrogen-bond donors (Lipinski definition) is 1. The van der Waals surface area contributed by atoms with Crippen LogP contribution in [0.25, 0.3) is 0 Å². The zero-order chi connectivity index (χ0) is 15.1. The molecule has 0 bridgehead atoms. The fraction of sp³-hybridized carbons (Fsp3) is 0.333. The van der Waals surface area contributed by atoms with Gasteiger partial charge in [-0.3, -0.25) is 0 Å². The first-order chi connectivity index (χ1) is 10.2. The Morgan fingerprint density at radius 2 is 1.71 bits per heavy atom. The van der Waals surface area contributed by atoms with Gasteiger partial charge < -0.3 is 10.1 Å². The first-order valence-electron chi connectivity index (χ1n) is 7.34. The van der Waals surface area contributed by atoms with E-state index in [-0.39, 0.29) is 6.04 Å². The summed E-state index contributed by atoms with van der Waals surface area (Å²) in [6.07, 6.45) is 0. The predicted molar refractivity (Wildman–Crippen MR) is 88.5 cm³/mol. The molecule has 0 aromatic heterocycles. The zero-order valence-electron chi connectivity index (χ0n) is 12.6. The lowest BCUT2D eigenvalue weighted by molar-refractivity contribution is 0.133. The first kappa shape index (κ1) is 16.0. The highest BCUT2D eigenvalue weighted by atomic mass is 35.5. The van der Waals surface area contributed by atoms with Gasteiger partial charge in [-0.05, 0) is 42.7 Å². The Balaban J connectivity index is 1.97. The van der Waals surface area contributed by atoms with Crippen LogP contribution in [0.3, 0.4) is 0 Å². The van der Waals surface area contributed by atoms with Crippen molar-refractivity contribution < 1.29 is 4.74 Å². The van der Waals surface area contributed by atoms with Gasteiger partial charge in [0.15, 0.2) is 0 Å². The van der Waals surface area contributed by atoms with Gasteiger partial charge >= 0.3 is 0 Å². The maximum atomic E-state index is 5.92. The number of halogens is 1. The SMILES string of the molecule is CCOCc1ccccc1CNC(C)c1ccc(Cl)cc1. The van der Waals surface area contributed by atoms with Crippen molar-refractivity contribution in [2.24, 2.45) is 0 Å². The fourth-order valence-electron chi connectivity index (χ4n) is 2.22. The maximum Gasteiger partial charge on any atom is 0.0719 e. The average Bonchev–Trinajstić information content (AvgIpc) is 2.52. The molecule has 3 heteroatoms. The number of rotatable bonds is 7. The monoisotopic (exact) mass is 303 g/mol. The Morgan fingerprint density at radius 1 is 1.05 bits per heavy atom. The minimum atomic E-state index is 0.280. The van der Waals surface area contributed by atoms with Crippen LogP contribution >= 0.6 is 11.6 Å². The van der Waals surface area contributed by atoms with E-state index in [4.69, 9.17) is 16.3 Å². The summed E-state index contributed by atoms with van der Waals surface area (Å²) in [4.78, 5) is 0. The number of ether oxygens (including phenoxy) is 1. The van der Waals surface area contributed by atoms with Gasteiger partial charge in [-0.2, -0.15) is 0 Å². The van der Waals surface area contributed by atoms with Crippen molar-refractivity contribution in [2.75, 3.05) is 6.61 Å². The van der Waals surface area contributed by atoms with Gasteiger partial charge in [0.2, 0.25) is 0 Å². The summed E-state index contributed by atoms with van der Waals surface area (Å²) in [5.41, 5.74) is 3.77. The molecule has 2 aromatic rings. The van der Waals surface area contributed by atoms with Gasteiger partial charge in [0.05, 0.1) is 6.61 Å². The number of nitrogens with one attached hydrogen (secondary N) is 1. The summed E-state index contributed by atoms with van der Waals surface area (Å²) < 4.78 is 5.52. The molecule has 2 rings (SSSR count). The summed E-state index contributed by atoms with van der Waals surface area (Å²) in [5.74, 6) is 0. The Morgan fingerprint density at radius 3 is 2.38 bits per heavy atom. The van der Waals surface area contributed by atoms with Crippen LogP contribution < -0.4 is 5.32 Å². The van der Waals surface area contributed by atoms with Crippen molar-refractivity contribution in [2.45, 2.75) is 33.0 Å². The molecule has 0 aliphatic carbocycles. The van der Waals surface area contributed by atoms with Crippen molar-refractivity contribution in [3.05, 3.63) is 70.2 Å². The van der Waals surface area contributed by atoms with Crippen molar-refractivity contribution >= 4 is 11.6 Å². The molecular weight excluding hydrogens is 282 g/mol. The smallest absolute Gasteiger partial charge is 0.0719 e. The van der Waals surface area contributed by atoms with Crippen LogP contribution in [0, 0.1) is 0 Å². The summed E-state index contributed by atoms with van der Waals surface area (Å²) in [7, 11) is 0. The van der Waals surface area contributed by atoms with E-state index in [1.807, 2.05) is 19.1 Å². The molecule has 0 saturated heterocycles. The van der Waals surface area contributed by atoms with Crippen LogP contribution in [0.2, 0.25) is 5.02 Å². The fourth-order valence-corrected chi connectivity index (χ4v) is 2.34. The van der Waals surface area contributed by atoms with Crippen molar-refractivity contribution in [1.82, 2.24) is 5.32 Å². The minimum Gasteiger partial charge on any atom is -0.377 e. The Bertz CT molecular complexity index is 553. The Hall–Kier alpha value is -1.35. The molecule has 0 aliphatic heterocycles. The van der Waals surface area contributed by atoms with Gasteiger partial charge in [-0.1, -0.05) is 48.0 Å². The normalized spacial score (nSPS) is 12.3.